The fourth-order valence-electron chi connectivity index (χ4n) is 2.27. The molecule has 0 fully saturated rings. The van der Waals surface area contributed by atoms with Crippen LogP contribution in [0.4, 0.5) is 4.39 Å². The fourth-order valence-corrected chi connectivity index (χ4v) is 2.57. The molecule has 0 saturated carbocycles. The van der Waals surface area contributed by atoms with Gasteiger partial charge in [0.2, 0.25) is 0 Å². The van der Waals surface area contributed by atoms with Crippen LogP contribution in [-0.2, 0) is 0 Å². The third kappa shape index (κ3) is 2.30. The molecule has 1 unspecified atom stereocenters. The van der Waals surface area contributed by atoms with Crippen molar-refractivity contribution in [2.45, 2.75) is 13.0 Å². The van der Waals surface area contributed by atoms with E-state index in [0.717, 1.165) is 5.56 Å². The van der Waals surface area contributed by atoms with Crippen molar-refractivity contribution in [1.82, 2.24) is 0 Å². The van der Waals surface area contributed by atoms with Gasteiger partial charge >= 0.3 is 0 Å². The molecule has 0 amide bonds. The number of halogens is 2. The lowest BCUT2D eigenvalue weighted by molar-refractivity contribution is 0.192. The first-order valence-corrected chi connectivity index (χ1v) is 6.55. The van der Waals surface area contributed by atoms with Crippen molar-refractivity contribution < 1.29 is 13.9 Å². The summed E-state index contributed by atoms with van der Waals surface area (Å²) in [4.78, 5) is 0. The summed E-state index contributed by atoms with van der Waals surface area (Å²) >= 11 is 5.98. The zero-order valence-corrected chi connectivity index (χ0v) is 11.5. The van der Waals surface area contributed by atoms with E-state index in [1.54, 1.807) is 30.3 Å². The maximum absolute atomic E-state index is 13.6. The maximum Gasteiger partial charge on any atom is 0.170 e. The van der Waals surface area contributed by atoms with Crippen LogP contribution in [0, 0.1) is 12.7 Å². The summed E-state index contributed by atoms with van der Waals surface area (Å²) in [5.41, 5.74) is 1.71. The van der Waals surface area contributed by atoms with Crippen molar-refractivity contribution in [2.75, 3.05) is 0 Å². The Morgan fingerprint density at radius 2 is 2.00 bits per heavy atom. The zero-order chi connectivity index (χ0) is 14.3. The molecule has 4 heteroatoms. The number of furan rings is 1. The zero-order valence-electron chi connectivity index (χ0n) is 10.7. The van der Waals surface area contributed by atoms with Gasteiger partial charge in [0.05, 0.1) is 0 Å². The van der Waals surface area contributed by atoms with Crippen LogP contribution in [0.3, 0.4) is 0 Å². The molecule has 20 heavy (non-hydrogen) atoms. The van der Waals surface area contributed by atoms with E-state index in [1.165, 1.54) is 6.07 Å². The number of fused-ring (bicyclic) bond motifs is 1. The summed E-state index contributed by atoms with van der Waals surface area (Å²) in [6, 6.07) is 11.6. The topological polar surface area (TPSA) is 33.4 Å². The monoisotopic (exact) mass is 290 g/mol. The van der Waals surface area contributed by atoms with Gasteiger partial charge in [-0.3, -0.25) is 0 Å². The molecule has 1 atom stereocenters. The van der Waals surface area contributed by atoms with Crippen molar-refractivity contribution in [3.8, 4) is 0 Å². The third-order valence-corrected chi connectivity index (χ3v) is 3.38. The molecule has 0 saturated heterocycles. The Balaban J connectivity index is 2.07. The average molecular weight is 291 g/mol. The van der Waals surface area contributed by atoms with Gasteiger partial charge in [-0.05, 0) is 42.3 Å². The maximum atomic E-state index is 13.6. The molecule has 0 radical (unpaired) electrons. The number of rotatable bonds is 2. The highest BCUT2D eigenvalue weighted by molar-refractivity contribution is 6.30. The standard InChI is InChI=1S/C16H12ClFO2/c1-9-5-11(7-12(17)6-9)15(19)14-8-10-3-2-4-13(18)16(10)20-14/h2-8,15,19H,1H3. The number of aliphatic hydroxyl groups excluding tert-OH is 1. The molecule has 2 nitrogen and oxygen atoms in total. The second kappa shape index (κ2) is 4.93. The second-order valence-electron chi connectivity index (χ2n) is 4.77. The Bertz CT molecular complexity index is 759. The quantitative estimate of drug-likeness (QED) is 0.747. The molecule has 0 aliphatic carbocycles. The highest BCUT2D eigenvalue weighted by Gasteiger charge is 2.17. The predicted octanol–water partition coefficient (Wildman–Crippen LogP) is 4.62. The van der Waals surface area contributed by atoms with E-state index in [-0.39, 0.29) is 5.58 Å². The largest absolute Gasteiger partial charge is 0.455 e. The summed E-state index contributed by atoms with van der Waals surface area (Å²) in [7, 11) is 0. The lowest BCUT2D eigenvalue weighted by Crippen LogP contribution is -1.98. The first kappa shape index (κ1) is 13.2. The molecule has 2 aromatic carbocycles. The fraction of sp³-hybridized carbons (Fsp3) is 0.125. The van der Waals surface area contributed by atoms with E-state index in [2.05, 4.69) is 0 Å². The smallest absolute Gasteiger partial charge is 0.170 e. The summed E-state index contributed by atoms with van der Waals surface area (Å²) in [6.45, 7) is 1.89. The number of benzene rings is 2. The van der Waals surface area contributed by atoms with Crippen LogP contribution in [0.2, 0.25) is 5.02 Å². The number of aryl methyl sites for hydroxylation is 1. The van der Waals surface area contributed by atoms with E-state index >= 15 is 0 Å². The predicted molar refractivity (Wildman–Crippen MR) is 76.4 cm³/mol. The van der Waals surface area contributed by atoms with Crippen molar-refractivity contribution >= 4 is 22.6 Å². The molecule has 102 valence electrons. The molecule has 1 N–H and O–H groups in total. The van der Waals surface area contributed by atoms with Crippen LogP contribution in [0.1, 0.15) is 23.0 Å². The van der Waals surface area contributed by atoms with E-state index in [4.69, 9.17) is 16.0 Å². The summed E-state index contributed by atoms with van der Waals surface area (Å²) in [5, 5.41) is 11.5. The van der Waals surface area contributed by atoms with Gasteiger partial charge in [0.15, 0.2) is 11.4 Å². The summed E-state index contributed by atoms with van der Waals surface area (Å²) in [5.74, 6) is -0.144. The molecule has 0 spiro atoms. The average Bonchev–Trinajstić information content (AvgIpc) is 2.82. The number of hydrogen-bond donors (Lipinski definition) is 1. The minimum Gasteiger partial charge on any atom is -0.455 e. The van der Waals surface area contributed by atoms with Gasteiger partial charge in [0.25, 0.3) is 0 Å². The highest BCUT2D eigenvalue weighted by atomic mass is 35.5. The van der Waals surface area contributed by atoms with Crippen molar-refractivity contribution in [3.05, 3.63) is 70.2 Å². The molecule has 0 aliphatic rings. The molecule has 0 bridgehead atoms. The van der Waals surface area contributed by atoms with Gasteiger partial charge in [0, 0.05) is 10.4 Å². The van der Waals surface area contributed by atoms with Crippen LogP contribution in [0.15, 0.2) is 46.9 Å². The molecular weight excluding hydrogens is 279 g/mol. The van der Waals surface area contributed by atoms with Gasteiger partial charge in [-0.2, -0.15) is 0 Å². The van der Waals surface area contributed by atoms with Crippen molar-refractivity contribution in [1.29, 1.82) is 0 Å². The van der Waals surface area contributed by atoms with Crippen LogP contribution >= 0.6 is 11.6 Å². The molecule has 3 aromatic rings. The second-order valence-corrected chi connectivity index (χ2v) is 5.21. The first-order valence-electron chi connectivity index (χ1n) is 6.18. The van der Waals surface area contributed by atoms with Crippen LogP contribution in [0.5, 0.6) is 0 Å². The van der Waals surface area contributed by atoms with E-state index in [0.29, 0.717) is 21.7 Å². The highest BCUT2D eigenvalue weighted by Crippen LogP contribution is 2.31. The lowest BCUT2D eigenvalue weighted by atomic mass is 10.0. The molecule has 1 heterocycles. The van der Waals surface area contributed by atoms with Gasteiger partial charge < -0.3 is 9.52 Å². The number of para-hydroxylation sites is 1. The number of aliphatic hydroxyl groups is 1. The summed E-state index contributed by atoms with van der Waals surface area (Å²) in [6.07, 6.45) is -0.973. The van der Waals surface area contributed by atoms with Crippen molar-refractivity contribution in [2.24, 2.45) is 0 Å². The Morgan fingerprint density at radius 1 is 1.20 bits per heavy atom. The Morgan fingerprint density at radius 3 is 2.70 bits per heavy atom. The minimum absolute atomic E-state index is 0.153. The molecular formula is C16H12ClFO2. The summed E-state index contributed by atoms with van der Waals surface area (Å²) < 4.78 is 19.0. The molecule has 0 aliphatic heterocycles. The third-order valence-electron chi connectivity index (χ3n) is 3.16. The van der Waals surface area contributed by atoms with E-state index in [9.17, 15) is 9.50 Å². The normalized spacial score (nSPS) is 12.8. The van der Waals surface area contributed by atoms with Crippen LogP contribution < -0.4 is 0 Å². The van der Waals surface area contributed by atoms with E-state index < -0.39 is 11.9 Å². The van der Waals surface area contributed by atoms with Crippen LogP contribution in [0.25, 0.3) is 11.0 Å². The molecule has 3 rings (SSSR count). The Labute approximate surface area is 120 Å². The van der Waals surface area contributed by atoms with Gasteiger partial charge in [-0.1, -0.05) is 29.8 Å². The minimum atomic E-state index is -0.973. The van der Waals surface area contributed by atoms with Crippen LogP contribution in [-0.4, -0.2) is 5.11 Å². The SMILES string of the molecule is Cc1cc(Cl)cc(C(O)c2cc3cccc(F)c3o2)c1. The number of hydrogen-bond acceptors (Lipinski definition) is 2. The Kier molecular flexibility index (Phi) is 3.24. The van der Waals surface area contributed by atoms with Gasteiger partial charge in [0.1, 0.15) is 11.9 Å². The first-order chi connectivity index (χ1) is 9.54. The Hall–Kier alpha value is -1.84. The van der Waals surface area contributed by atoms with Gasteiger partial charge in [-0.15, -0.1) is 0 Å². The van der Waals surface area contributed by atoms with Gasteiger partial charge in [-0.25, -0.2) is 4.39 Å². The lowest BCUT2D eigenvalue weighted by Gasteiger charge is -2.09. The van der Waals surface area contributed by atoms with E-state index in [1.807, 2.05) is 13.0 Å². The molecule has 1 aromatic heterocycles. The van der Waals surface area contributed by atoms with Crippen molar-refractivity contribution in [3.63, 3.8) is 0 Å².